The summed E-state index contributed by atoms with van der Waals surface area (Å²) in [5.74, 6) is -0.705. The first-order valence-electron chi connectivity index (χ1n) is 13.4. The number of aryl methyl sites for hydroxylation is 2. The molecule has 0 spiro atoms. The summed E-state index contributed by atoms with van der Waals surface area (Å²) in [6.07, 6.45) is 1.14. The van der Waals surface area contributed by atoms with Gasteiger partial charge in [-0.2, -0.15) is 0 Å². The lowest BCUT2D eigenvalue weighted by atomic mass is 10.1. The van der Waals surface area contributed by atoms with Gasteiger partial charge in [-0.25, -0.2) is 8.42 Å². The molecule has 3 aromatic carbocycles. The van der Waals surface area contributed by atoms with Gasteiger partial charge in [-0.3, -0.25) is 13.9 Å². The molecule has 2 atom stereocenters. The van der Waals surface area contributed by atoms with Crippen molar-refractivity contribution in [3.63, 3.8) is 0 Å². The Kier molecular flexibility index (Phi) is 10.3. The van der Waals surface area contributed by atoms with Crippen molar-refractivity contribution in [1.29, 1.82) is 0 Å². The predicted molar refractivity (Wildman–Crippen MR) is 156 cm³/mol. The van der Waals surface area contributed by atoms with Crippen LogP contribution >= 0.6 is 0 Å². The fraction of sp³-hybridized carbons (Fsp3) is 0.355. The van der Waals surface area contributed by atoms with E-state index in [1.165, 1.54) is 17.0 Å². The van der Waals surface area contributed by atoms with Crippen molar-refractivity contribution in [1.82, 2.24) is 10.2 Å². The maximum Gasteiger partial charge on any atom is 0.264 e. The molecule has 39 heavy (non-hydrogen) atoms. The van der Waals surface area contributed by atoms with Crippen LogP contribution in [0.3, 0.4) is 0 Å². The minimum Gasteiger partial charge on any atom is -0.352 e. The second-order valence-corrected chi connectivity index (χ2v) is 11.8. The number of sulfonamides is 1. The van der Waals surface area contributed by atoms with E-state index in [-0.39, 0.29) is 23.4 Å². The van der Waals surface area contributed by atoms with Crippen LogP contribution in [0.4, 0.5) is 5.69 Å². The lowest BCUT2D eigenvalue weighted by Crippen LogP contribution is -2.53. The molecule has 0 unspecified atom stereocenters. The quantitative estimate of drug-likeness (QED) is 0.336. The Hall–Kier alpha value is -3.65. The topological polar surface area (TPSA) is 86.8 Å². The molecule has 1 N–H and O–H groups in total. The van der Waals surface area contributed by atoms with Gasteiger partial charge in [0.15, 0.2) is 0 Å². The fourth-order valence-corrected chi connectivity index (χ4v) is 5.90. The Morgan fingerprint density at radius 2 is 1.41 bits per heavy atom. The predicted octanol–water partition coefficient (Wildman–Crippen LogP) is 5.22. The van der Waals surface area contributed by atoms with Crippen molar-refractivity contribution in [2.45, 2.75) is 71.0 Å². The van der Waals surface area contributed by atoms with E-state index < -0.39 is 28.5 Å². The minimum atomic E-state index is -4.08. The highest BCUT2D eigenvalue weighted by Crippen LogP contribution is 2.27. The summed E-state index contributed by atoms with van der Waals surface area (Å²) < 4.78 is 29.0. The summed E-state index contributed by atoms with van der Waals surface area (Å²) in [4.78, 5) is 29.0. The third kappa shape index (κ3) is 7.69. The van der Waals surface area contributed by atoms with Gasteiger partial charge in [-0.1, -0.05) is 68.4 Å². The number of carbonyl (C=O) groups is 2. The van der Waals surface area contributed by atoms with Gasteiger partial charge in [0, 0.05) is 12.6 Å². The maximum atomic E-state index is 14.1. The third-order valence-corrected chi connectivity index (χ3v) is 8.48. The van der Waals surface area contributed by atoms with Crippen LogP contribution in [0.5, 0.6) is 0 Å². The first-order valence-corrected chi connectivity index (χ1v) is 14.8. The Labute approximate surface area is 232 Å². The Balaban J connectivity index is 2.06. The average Bonchev–Trinajstić information content (AvgIpc) is 2.91. The van der Waals surface area contributed by atoms with Gasteiger partial charge in [0.05, 0.1) is 10.6 Å². The van der Waals surface area contributed by atoms with Crippen molar-refractivity contribution >= 4 is 27.5 Å². The molecule has 8 heteroatoms. The molecule has 0 aliphatic heterocycles. The summed E-state index contributed by atoms with van der Waals surface area (Å²) >= 11 is 0. The number of rotatable bonds is 12. The van der Waals surface area contributed by atoms with Gasteiger partial charge in [0.1, 0.15) is 12.6 Å². The number of anilines is 1. The number of hydrogen-bond donors (Lipinski definition) is 1. The number of nitrogens with one attached hydrogen (secondary N) is 1. The molecule has 0 aliphatic carbocycles. The van der Waals surface area contributed by atoms with E-state index in [2.05, 4.69) is 5.32 Å². The molecule has 0 aliphatic rings. The molecule has 0 aromatic heterocycles. The molecule has 3 aromatic rings. The highest BCUT2D eigenvalue weighted by Gasteiger charge is 2.34. The van der Waals surface area contributed by atoms with Gasteiger partial charge >= 0.3 is 0 Å². The van der Waals surface area contributed by atoms with Gasteiger partial charge < -0.3 is 10.2 Å². The molecule has 0 bridgehead atoms. The van der Waals surface area contributed by atoms with Crippen molar-refractivity contribution in [2.24, 2.45) is 0 Å². The molecule has 208 valence electrons. The highest BCUT2D eigenvalue weighted by atomic mass is 32.2. The molecule has 0 saturated heterocycles. The smallest absolute Gasteiger partial charge is 0.264 e. The Bertz CT molecular complexity index is 1340. The first kappa shape index (κ1) is 29.9. The average molecular weight is 550 g/mol. The first-order chi connectivity index (χ1) is 18.6. The summed E-state index contributed by atoms with van der Waals surface area (Å²) in [5.41, 5.74) is 3.02. The molecular weight excluding hydrogens is 510 g/mol. The van der Waals surface area contributed by atoms with Gasteiger partial charge in [0.25, 0.3) is 10.0 Å². The number of amides is 2. The maximum absolute atomic E-state index is 14.1. The van der Waals surface area contributed by atoms with E-state index in [0.29, 0.717) is 12.1 Å². The van der Waals surface area contributed by atoms with E-state index >= 15 is 0 Å². The summed E-state index contributed by atoms with van der Waals surface area (Å²) in [6.45, 7) is 9.27. The lowest BCUT2D eigenvalue weighted by Gasteiger charge is -2.34. The van der Waals surface area contributed by atoms with Gasteiger partial charge in [-0.15, -0.1) is 0 Å². The van der Waals surface area contributed by atoms with Crippen LogP contribution in [0.2, 0.25) is 0 Å². The van der Waals surface area contributed by atoms with Crippen LogP contribution < -0.4 is 9.62 Å². The Morgan fingerprint density at radius 3 is 1.95 bits per heavy atom. The zero-order valence-electron chi connectivity index (χ0n) is 23.4. The second kappa shape index (κ2) is 13.4. The van der Waals surface area contributed by atoms with Crippen LogP contribution in [0.15, 0.2) is 83.8 Å². The van der Waals surface area contributed by atoms with Crippen molar-refractivity contribution in [3.8, 4) is 0 Å². The SMILES string of the molecule is CC[C@@H](C)NC(=O)[C@H](CC)N(Cc1ccccc1)C(=O)CN(c1cc(C)cc(C)c1)S(=O)(=O)c1ccccc1. The number of carbonyl (C=O) groups excluding carboxylic acids is 2. The summed E-state index contributed by atoms with van der Waals surface area (Å²) in [7, 11) is -4.08. The van der Waals surface area contributed by atoms with E-state index in [1.807, 2.05) is 71.0 Å². The number of nitrogens with zero attached hydrogens (tertiary/aromatic N) is 2. The van der Waals surface area contributed by atoms with Crippen molar-refractivity contribution < 1.29 is 18.0 Å². The minimum absolute atomic E-state index is 0.0505. The van der Waals surface area contributed by atoms with E-state index in [0.717, 1.165) is 27.4 Å². The molecule has 0 radical (unpaired) electrons. The summed E-state index contributed by atoms with van der Waals surface area (Å²) in [6, 6.07) is 22.2. The number of benzene rings is 3. The summed E-state index contributed by atoms with van der Waals surface area (Å²) in [5, 5.41) is 2.99. The monoisotopic (exact) mass is 549 g/mol. The van der Waals surface area contributed by atoms with Crippen molar-refractivity contribution in [2.75, 3.05) is 10.8 Å². The van der Waals surface area contributed by atoms with Crippen LogP contribution in [0.25, 0.3) is 0 Å². The molecule has 0 fully saturated rings. The van der Waals surface area contributed by atoms with Gasteiger partial charge in [-0.05, 0) is 74.6 Å². The molecule has 0 heterocycles. The van der Waals surface area contributed by atoms with Crippen molar-refractivity contribution in [3.05, 3.63) is 95.6 Å². The lowest BCUT2D eigenvalue weighted by molar-refractivity contribution is -0.140. The number of hydrogen-bond acceptors (Lipinski definition) is 4. The standard InChI is InChI=1S/C31H39N3O4S/c1-6-25(5)32-31(36)29(7-2)33(21-26-14-10-8-11-15-26)30(35)22-34(27-19-23(3)18-24(4)20-27)39(37,38)28-16-12-9-13-17-28/h8-20,25,29H,6-7,21-22H2,1-5H3,(H,32,36)/t25-,29+/m1/s1. The third-order valence-electron chi connectivity index (χ3n) is 6.69. The largest absolute Gasteiger partial charge is 0.352 e. The molecule has 0 saturated carbocycles. The van der Waals surface area contributed by atoms with Crippen LogP contribution in [0, 0.1) is 13.8 Å². The molecule has 7 nitrogen and oxygen atoms in total. The van der Waals surface area contributed by atoms with Gasteiger partial charge in [0.2, 0.25) is 11.8 Å². The van der Waals surface area contributed by atoms with Crippen LogP contribution in [0.1, 0.15) is 50.3 Å². The van der Waals surface area contributed by atoms with E-state index in [4.69, 9.17) is 0 Å². The molecule has 3 rings (SSSR count). The van der Waals surface area contributed by atoms with E-state index in [9.17, 15) is 18.0 Å². The van der Waals surface area contributed by atoms with Crippen LogP contribution in [-0.4, -0.2) is 43.8 Å². The zero-order valence-corrected chi connectivity index (χ0v) is 24.2. The van der Waals surface area contributed by atoms with Crippen LogP contribution in [-0.2, 0) is 26.2 Å². The molecular formula is C31H39N3O4S. The highest BCUT2D eigenvalue weighted by molar-refractivity contribution is 7.92. The molecule has 2 amide bonds. The Morgan fingerprint density at radius 1 is 0.846 bits per heavy atom. The fourth-order valence-electron chi connectivity index (χ4n) is 4.48. The second-order valence-electron chi connectivity index (χ2n) is 9.92. The zero-order chi connectivity index (χ0) is 28.6. The van der Waals surface area contributed by atoms with E-state index in [1.54, 1.807) is 30.3 Å². The normalized spacial score (nSPS) is 12.8.